The van der Waals surface area contributed by atoms with Crippen molar-refractivity contribution < 1.29 is 14.6 Å². The topological polar surface area (TPSA) is 46.5 Å². The van der Waals surface area contributed by atoms with E-state index in [1.807, 2.05) is 13.0 Å². The van der Waals surface area contributed by atoms with Crippen molar-refractivity contribution in [1.29, 1.82) is 0 Å². The van der Waals surface area contributed by atoms with Crippen molar-refractivity contribution in [3.05, 3.63) is 36.0 Å². The molecule has 3 heteroatoms. The van der Waals surface area contributed by atoms with E-state index < -0.39 is 6.10 Å². The summed E-state index contributed by atoms with van der Waals surface area (Å²) in [5, 5.41) is 9.94. The van der Waals surface area contributed by atoms with Crippen LogP contribution in [-0.4, -0.2) is 23.3 Å². The van der Waals surface area contributed by atoms with Crippen LogP contribution in [0.4, 0.5) is 0 Å². The number of ether oxygens (including phenoxy) is 1. The predicted molar refractivity (Wildman–Crippen MR) is 69.9 cm³/mol. The van der Waals surface area contributed by atoms with Gasteiger partial charge in [0.25, 0.3) is 0 Å². The van der Waals surface area contributed by atoms with Crippen LogP contribution in [-0.2, 0) is 9.53 Å². The van der Waals surface area contributed by atoms with Crippen molar-refractivity contribution in [3.63, 3.8) is 0 Å². The number of aliphatic hydroxyl groups excluding tert-OH is 1. The standard InChI is InChI=1S/C15H20O3/c1-9(2)12-6-4-10(3)13(16)7-5-11-8-14(12)18-15(11)17/h8,12-14,16H,1,3-7H2,2H3/t12-,13-,14-/m1/s1. The first-order valence-electron chi connectivity index (χ1n) is 6.42. The smallest absolute Gasteiger partial charge is 0.334 e. The Morgan fingerprint density at radius 2 is 2.17 bits per heavy atom. The Kier molecular flexibility index (Phi) is 3.71. The van der Waals surface area contributed by atoms with Crippen LogP contribution in [0, 0.1) is 5.92 Å². The number of fused-ring (bicyclic) bond motifs is 1. The number of carbonyl (C=O) groups excluding carboxylic acids is 1. The second-order valence-electron chi connectivity index (χ2n) is 5.27. The zero-order valence-electron chi connectivity index (χ0n) is 10.8. The lowest BCUT2D eigenvalue weighted by atomic mass is 9.86. The highest BCUT2D eigenvalue weighted by atomic mass is 16.5. The minimum atomic E-state index is -0.526. The lowest BCUT2D eigenvalue weighted by Crippen LogP contribution is -2.22. The van der Waals surface area contributed by atoms with Crippen LogP contribution in [0.5, 0.6) is 0 Å². The molecule has 0 spiro atoms. The summed E-state index contributed by atoms with van der Waals surface area (Å²) in [5.74, 6) is -0.125. The van der Waals surface area contributed by atoms with Gasteiger partial charge in [-0.1, -0.05) is 18.7 Å². The second-order valence-corrected chi connectivity index (χ2v) is 5.27. The first kappa shape index (κ1) is 13.1. The average molecular weight is 248 g/mol. The molecule has 0 radical (unpaired) electrons. The van der Waals surface area contributed by atoms with E-state index >= 15 is 0 Å². The molecule has 3 nitrogen and oxygen atoms in total. The Balaban J connectivity index is 2.25. The highest BCUT2D eigenvalue weighted by molar-refractivity contribution is 5.91. The fourth-order valence-corrected chi connectivity index (χ4v) is 2.58. The molecule has 1 heterocycles. The van der Waals surface area contributed by atoms with E-state index in [1.165, 1.54) is 0 Å². The molecule has 0 aromatic heterocycles. The van der Waals surface area contributed by atoms with E-state index in [2.05, 4.69) is 13.2 Å². The van der Waals surface area contributed by atoms with Gasteiger partial charge in [-0.3, -0.25) is 0 Å². The van der Waals surface area contributed by atoms with Gasteiger partial charge in [0.2, 0.25) is 0 Å². The molecule has 1 N–H and O–H groups in total. The van der Waals surface area contributed by atoms with Gasteiger partial charge < -0.3 is 9.84 Å². The summed E-state index contributed by atoms with van der Waals surface area (Å²) in [6.45, 7) is 9.86. The first-order valence-corrected chi connectivity index (χ1v) is 6.42. The summed E-state index contributed by atoms with van der Waals surface area (Å²) in [6, 6.07) is 0. The van der Waals surface area contributed by atoms with Gasteiger partial charge in [0.1, 0.15) is 6.10 Å². The molecular weight excluding hydrogens is 228 g/mol. The van der Waals surface area contributed by atoms with Crippen LogP contribution in [0.25, 0.3) is 0 Å². The van der Waals surface area contributed by atoms with E-state index in [0.717, 1.165) is 24.0 Å². The SMILES string of the molecule is C=C1CC[C@H](C(=C)C)[C@H]2C=C(CC[C@H]1O)C(=O)O2. The lowest BCUT2D eigenvalue weighted by molar-refractivity contribution is -0.141. The molecule has 98 valence electrons. The number of hydrogen-bond acceptors (Lipinski definition) is 3. The van der Waals surface area contributed by atoms with Gasteiger partial charge in [-0.15, -0.1) is 0 Å². The number of aliphatic hydroxyl groups is 1. The third-order valence-corrected chi connectivity index (χ3v) is 3.84. The molecule has 2 bridgehead atoms. The molecule has 0 saturated heterocycles. The zero-order chi connectivity index (χ0) is 13.3. The van der Waals surface area contributed by atoms with Crippen LogP contribution in [0.3, 0.4) is 0 Å². The van der Waals surface area contributed by atoms with Crippen LogP contribution in [0.15, 0.2) is 36.0 Å². The Bertz CT molecular complexity index is 419. The zero-order valence-corrected chi connectivity index (χ0v) is 10.8. The molecule has 1 aliphatic carbocycles. The van der Waals surface area contributed by atoms with E-state index in [9.17, 15) is 9.90 Å². The maximum absolute atomic E-state index is 11.7. The van der Waals surface area contributed by atoms with Gasteiger partial charge >= 0.3 is 5.97 Å². The fourth-order valence-electron chi connectivity index (χ4n) is 2.58. The Morgan fingerprint density at radius 3 is 2.83 bits per heavy atom. The van der Waals surface area contributed by atoms with Crippen molar-refractivity contribution in [3.8, 4) is 0 Å². The fraction of sp³-hybridized carbons (Fsp3) is 0.533. The molecular formula is C15H20O3. The highest BCUT2D eigenvalue weighted by Gasteiger charge is 2.33. The van der Waals surface area contributed by atoms with Crippen molar-refractivity contribution in [2.45, 2.75) is 44.8 Å². The number of rotatable bonds is 1. The van der Waals surface area contributed by atoms with E-state index in [4.69, 9.17) is 4.74 Å². The molecule has 18 heavy (non-hydrogen) atoms. The minimum Gasteiger partial charge on any atom is -0.454 e. The highest BCUT2D eigenvalue weighted by Crippen LogP contribution is 2.33. The summed E-state index contributed by atoms with van der Waals surface area (Å²) in [6.07, 6.45) is 3.85. The van der Waals surface area contributed by atoms with E-state index in [1.54, 1.807) is 0 Å². The molecule has 0 aromatic rings. The lowest BCUT2D eigenvalue weighted by Gasteiger charge is -2.23. The van der Waals surface area contributed by atoms with Gasteiger partial charge in [0, 0.05) is 11.5 Å². The summed E-state index contributed by atoms with van der Waals surface area (Å²) in [4.78, 5) is 11.7. The van der Waals surface area contributed by atoms with Crippen molar-refractivity contribution >= 4 is 5.97 Å². The predicted octanol–water partition coefficient (Wildman–Crippen LogP) is 2.52. The van der Waals surface area contributed by atoms with Crippen LogP contribution < -0.4 is 0 Å². The van der Waals surface area contributed by atoms with Gasteiger partial charge in [-0.05, 0) is 44.3 Å². The first-order chi connectivity index (χ1) is 8.49. The van der Waals surface area contributed by atoms with Gasteiger partial charge in [0.05, 0.1) is 6.10 Å². The minimum absolute atomic E-state index is 0.119. The summed E-state index contributed by atoms with van der Waals surface area (Å²) in [5.41, 5.74) is 2.53. The summed E-state index contributed by atoms with van der Waals surface area (Å²) < 4.78 is 5.40. The second kappa shape index (κ2) is 5.11. The van der Waals surface area contributed by atoms with Crippen LogP contribution in [0.1, 0.15) is 32.6 Å². The molecule has 0 amide bonds. The Morgan fingerprint density at radius 1 is 1.44 bits per heavy atom. The third-order valence-electron chi connectivity index (χ3n) is 3.84. The van der Waals surface area contributed by atoms with Gasteiger partial charge in [-0.25, -0.2) is 4.79 Å². The molecule has 0 saturated carbocycles. The number of esters is 1. The summed E-state index contributed by atoms with van der Waals surface area (Å²) >= 11 is 0. The molecule has 2 rings (SSSR count). The Hall–Kier alpha value is -1.35. The molecule has 3 atom stereocenters. The molecule has 2 aliphatic rings. The van der Waals surface area contributed by atoms with Crippen molar-refractivity contribution in [1.82, 2.24) is 0 Å². The average Bonchev–Trinajstić information content (AvgIpc) is 2.66. The van der Waals surface area contributed by atoms with Crippen molar-refractivity contribution in [2.75, 3.05) is 0 Å². The maximum Gasteiger partial charge on any atom is 0.334 e. The molecule has 0 fully saturated rings. The monoisotopic (exact) mass is 248 g/mol. The number of carbonyl (C=O) groups is 1. The third kappa shape index (κ3) is 2.56. The van der Waals surface area contributed by atoms with Crippen LogP contribution >= 0.6 is 0 Å². The van der Waals surface area contributed by atoms with E-state index in [0.29, 0.717) is 18.4 Å². The normalized spacial score (nSPS) is 32.8. The largest absolute Gasteiger partial charge is 0.454 e. The van der Waals surface area contributed by atoms with E-state index in [-0.39, 0.29) is 18.0 Å². The molecule has 1 aliphatic heterocycles. The summed E-state index contributed by atoms with van der Waals surface area (Å²) in [7, 11) is 0. The Labute approximate surface area is 108 Å². The molecule has 0 aromatic carbocycles. The van der Waals surface area contributed by atoms with Gasteiger partial charge in [0.15, 0.2) is 0 Å². The van der Waals surface area contributed by atoms with Crippen molar-refractivity contribution in [2.24, 2.45) is 5.92 Å². The number of hydrogen-bond donors (Lipinski definition) is 1. The quantitative estimate of drug-likeness (QED) is 0.573. The van der Waals surface area contributed by atoms with Crippen LogP contribution in [0.2, 0.25) is 0 Å². The van der Waals surface area contributed by atoms with Gasteiger partial charge in [-0.2, -0.15) is 0 Å². The molecule has 0 unspecified atom stereocenters. The maximum atomic E-state index is 11.7.